The Morgan fingerprint density at radius 1 is 1.07 bits per heavy atom. The first-order chi connectivity index (χ1) is 14.4. The zero-order valence-electron chi connectivity index (χ0n) is 17.0. The summed E-state index contributed by atoms with van der Waals surface area (Å²) < 4.78 is 20.1. The quantitative estimate of drug-likeness (QED) is 0.581. The van der Waals surface area contributed by atoms with Crippen molar-refractivity contribution in [1.29, 1.82) is 0 Å². The van der Waals surface area contributed by atoms with Gasteiger partial charge in [0.2, 0.25) is 0 Å². The predicted molar refractivity (Wildman–Crippen MR) is 110 cm³/mol. The first-order valence-electron chi connectivity index (χ1n) is 9.66. The summed E-state index contributed by atoms with van der Waals surface area (Å²) in [4.78, 5) is 23.9. The number of rotatable bonds is 8. The molecule has 1 amide bonds. The first kappa shape index (κ1) is 21.2. The van der Waals surface area contributed by atoms with Crippen molar-refractivity contribution in [3.8, 4) is 0 Å². The van der Waals surface area contributed by atoms with Crippen molar-refractivity contribution < 1.29 is 18.7 Å². The molecule has 0 bridgehead atoms. The van der Waals surface area contributed by atoms with Crippen molar-refractivity contribution in [2.45, 2.75) is 33.4 Å². The van der Waals surface area contributed by atoms with Gasteiger partial charge in [0.25, 0.3) is 5.91 Å². The minimum Gasteiger partial charge on any atom is -0.455 e. The van der Waals surface area contributed by atoms with Crippen LogP contribution in [0.2, 0.25) is 0 Å². The normalized spacial score (nSPS) is 10.6. The van der Waals surface area contributed by atoms with E-state index in [0.717, 1.165) is 22.5 Å². The van der Waals surface area contributed by atoms with E-state index in [9.17, 15) is 14.0 Å². The molecule has 0 fully saturated rings. The summed E-state index contributed by atoms with van der Waals surface area (Å²) >= 11 is 0. The molecule has 7 heteroatoms. The lowest BCUT2D eigenvalue weighted by molar-refractivity contribution is -0.147. The third kappa shape index (κ3) is 5.76. The average Bonchev–Trinajstić information content (AvgIpc) is 2.98. The van der Waals surface area contributed by atoms with Crippen LogP contribution in [-0.4, -0.2) is 28.3 Å². The van der Waals surface area contributed by atoms with Gasteiger partial charge in [0.1, 0.15) is 5.82 Å². The van der Waals surface area contributed by atoms with Crippen LogP contribution in [0.5, 0.6) is 0 Å². The number of benzene rings is 2. The summed E-state index contributed by atoms with van der Waals surface area (Å²) in [5.41, 5.74) is 4.39. The summed E-state index contributed by atoms with van der Waals surface area (Å²) in [6, 6.07) is 15.7. The lowest BCUT2D eigenvalue weighted by Gasteiger charge is -2.08. The van der Waals surface area contributed by atoms with E-state index in [4.69, 9.17) is 4.74 Å². The minimum absolute atomic E-state index is 0.0878. The van der Waals surface area contributed by atoms with E-state index in [0.29, 0.717) is 18.7 Å². The number of nitrogens with one attached hydrogen (secondary N) is 1. The number of hydrogen-bond acceptors (Lipinski definition) is 4. The Labute approximate surface area is 174 Å². The Kier molecular flexibility index (Phi) is 6.95. The molecule has 30 heavy (non-hydrogen) atoms. The third-order valence-electron chi connectivity index (χ3n) is 4.77. The highest BCUT2D eigenvalue weighted by atomic mass is 19.1. The zero-order chi connectivity index (χ0) is 21.5. The van der Waals surface area contributed by atoms with Crippen molar-refractivity contribution in [2.75, 3.05) is 6.61 Å². The van der Waals surface area contributed by atoms with Crippen LogP contribution in [0, 0.1) is 19.7 Å². The molecule has 0 aliphatic carbocycles. The second-order valence-corrected chi connectivity index (χ2v) is 7.04. The van der Waals surface area contributed by atoms with E-state index in [1.807, 2.05) is 48.9 Å². The number of aryl methyl sites for hydroxylation is 1. The zero-order valence-corrected chi connectivity index (χ0v) is 17.0. The fourth-order valence-corrected chi connectivity index (χ4v) is 3.15. The van der Waals surface area contributed by atoms with Gasteiger partial charge in [-0.05, 0) is 37.1 Å². The van der Waals surface area contributed by atoms with Gasteiger partial charge in [-0.15, -0.1) is 0 Å². The van der Waals surface area contributed by atoms with E-state index in [2.05, 4.69) is 10.4 Å². The lowest BCUT2D eigenvalue weighted by Crippen LogP contribution is -2.29. The molecule has 0 saturated heterocycles. The van der Waals surface area contributed by atoms with Gasteiger partial charge >= 0.3 is 5.97 Å². The van der Waals surface area contributed by atoms with Crippen LogP contribution < -0.4 is 5.32 Å². The molecule has 3 rings (SSSR count). The van der Waals surface area contributed by atoms with E-state index < -0.39 is 17.7 Å². The maximum Gasteiger partial charge on any atom is 0.310 e. The van der Waals surface area contributed by atoms with E-state index >= 15 is 0 Å². The van der Waals surface area contributed by atoms with Gasteiger partial charge in [0.05, 0.1) is 18.7 Å². The fourth-order valence-electron chi connectivity index (χ4n) is 3.15. The van der Waals surface area contributed by atoms with Crippen LogP contribution in [0.15, 0.2) is 54.6 Å². The number of carbonyl (C=O) groups is 2. The summed E-state index contributed by atoms with van der Waals surface area (Å²) in [6.07, 6.45) is -0.0878. The molecule has 0 aliphatic rings. The number of carbonyl (C=O) groups excluding carboxylic acids is 2. The first-order valence-corrected chi connectivity index (χ1v) is 9.66. The molecule has 1 N–H and O–H groups in total. The Hall–Kier alpha value is -3.48. The Morgan fingerprint density at radius 2 is 1.80 bits per heavy atom. The molecule has 1 heterocycles. The summed E-state index contributed by atoms with van der Waals surface area (Å²) in [5, 5.41) is 7.32. The van der Waals surface area contributed by atoms with Crippen molar-refractivity contribution in [3.63, 3.8) is 0 Å². The van der Waals surface area contributed by atoms with Gasteiger partial charge < -0.3 is 10.1 Å². The number of nitrogens with zero attached hydrogens (tertiary/aromatic N) is 2. The monoisotopic (exact) mass is 409 g/mol. The number of aromatic nitrogens is 2. The highest BCUT2D eigenvalue weighted by Gasteiger charge is 2.14. The molecule has 3 aromatic rings. The molecule has 6 nitrogen and oxygen atoms in total. The SMILES string of the molecule is Cc1nn(Cc2ccccc2)c(C)c1CNC(=O)COC(=O)Cc1cccc(F)c1. The molecule has 0 radical (unpaired) electrons. The molecule has 0 saturated carbocycles. The van der Waals surface area contributed by atoms with E-state index in [-0.39, 0.29) is 13.0 Å². The number of esters is 1. The predicted octanol–water partition coefficient (Wildman–Crippen LogP) is 3.09. The van der Waals surface area contributed by atoms with Crippen LogP contribution in [0.4, 0.5) is 4.39 Å². The number of hydrogen-bond donors (Lipinski definition) is 1. The molecular formula is C23H24FN3O3. The van der Waals surface area contributed by atoms with Gasteiger partial charge in [-0.2, -0.15) is 5.10 Å². The van der Waals surface area contributed by atoms with Crippen LogP contribution in [0.25, 0.3) is 0 Å². The minimum atomic E-state index is -0.584. The van der Waals surface area contributed by atoms with Crippen LogP contribution >= 0.6 is 0 Å². The van der Waals surface area contributed by atoms with E-state index in [1.165, 1.54) is 18.2 Å². The van der Waals surface area contributed by atoms with Crippen LogP contribution in [0.3, 0.4) is 0 Å². The van der Waals surface area contributed by atoms with Crippen molar-refractivity contribution in [2.24, 2.45) is 0 Å². The summed E-state index contributed by atoms with van der Waals surface area (Å²) in [5.74, 6) is -1.41. The van der Waals surface area contributed by atoms with Crippen molar-refractivity contribution >= 4 is 11.9 Å². The molecule has 0 unspecified atom stereocenters. The standard InChI is InChI=1S/C23H24FN3O3/c1-16-21(17(2)27(26-16)14-18-7-4-3-5-8-18)13-25-22(28)15-30-23(29)12-19-9-6-10-20(24)11-19/h3-11H,12-15H2,1-2H3,(H,25,28). The summed E-state index contributed by atoms with van der Waals surface area (Å²) in [6.45, 7) is 4.43. The number of amides is 1. The fraction of sp³-hybridized carbons (Fsp3) is 0.261. The lowest BCUT2D eigenvalue weighted by atomic mass is 10.1. The number of ether oxygens (including phenoxy) is 1. The van der Waals surface area contributed by atoms with Crippen LogP contribution in [0.1, 0.15) is 28.1 Å². The van der Waals surface area contributed by atoms with E-state index in [1.54, 1.807) is 6.07 Å². The highest BCUT2D eigenvalue weighted by molar-refractivity contribution is 5.81. The summed E-state index contributed by atoms with van der Waals surface area (Å²) in [7, 11) is 0. The third-order valence-corrected chi connectivity index (χ3v) is 4.77. The van der Waals surface area contributed by atoms with Crippen molar-refractivity contribution in [3.05, 3.63) is 88.5 Å². The Bertz CT molecular complexity index is 1030. The van der Waals surface area contributed by atoms with Crippen molar-refractivity contribution in [1.82, 2.24) is 15.1 Å². The molecule has 0 spiro atoms. The molecule has 156 valence electrons. The molecule has 0 aliphatic heterocycles. The smallest absolute Gasteiger partial charge is 0.310 e. The Balaban J connectivity index is 1.49. The van der Waals surface area contributed by atoms with Gasteiger partial charge in [0, 0.05) is 17.8 Å². The molecular weight excluding hydrogens is 385 g/mol. The molecule has 2 aromatic carbocycles. The maximum atomic E-state index is 13.2. The topological polar surface area (TPSA) is 73.2 Å². The van der Waals surface area contributed by atoms with Gasteiger partial charge in [0.15, 0.2) is 6.61 Å². The highest BCUT2D eigenvalue weighted by Crippen LogP contribution is 2.14. The molecule has 1 aromatic heterocycles. The Morgan fingerprint density at radius 3 is 2.53 bits per heavy atom. The van der Waals surface area contributed by atoms with Crippen LogP contribution in [-0.2, 0) is 33.8 Å². The van der Waals surface area contributed by atoms with Gasteiger partial charge in [-0.3, -0.25) is 14.3 Å². The average molecular weight is 409 g/mol. The second-order valence-electron chi connectivity index (χ2n) is 7.04. The number of halogens is 1. The maximum absolute atomic E-state index is 13.2. The van der Waals surface area contributed by atoms with Gasteiger partial charge in [-0.1, -0.05) is 42.5 Å². The second kappa shape index (κ2) is 9.82. The molecule has 0 atom stereocenters. The van der Waals surface area contributed by atoms with Gasteiger partial charge in [-0.25, -0.2) is 4.39 Å². The largest absolute Gasteiger partial charge is 0.455 e.